The molecule has 2 amide bonds. The summed E-state index contributed by atoms with van der Waals surface area (Å²) < 4.78 is 33.3. The molecule has 2 aromatic rings. The number of nitrogens with two attached hydrogens (primary N) is 1. The molecule has 1 heterocycles. The number of carbonyl (C=O) groups is 1. The summed E-state index contributed by atoms with van der Waals surface area (Å²) >= 11 is 0. The SMILES string of the molecule is NS(=O)(=O)c1ccc(CCNC(=O)Nc2ccc3c(c2)OCCO3)cc1. The fraction of sp³-hybridized carbons (Fsp3) is 0.235. The number of carbonyl (C=O) groups excluding carboxylic acids is 1. The third-order valence-electron chi connectivity index (χ3n) is 3.75. The minimum absolute atomic E-state index is 0.0607. The lowest BCUT2D eigenvalue weighted by Crippen LogP contribution is -2.30. The van der Waals surface area contributed by atoms with Gasteiger partial charge in [0.05, 0.1) is 4.90 Å². The van der Waals surface area contributed by atoms with Gasteiger partial charge in [-0.3, -0.25) is 0 Å². The van der Waals surface area contributed by atoms with Crippen molar-refractivity contribution in [2.45, 2.75) is 11.3 Å². The van der Waals surface area contributed by atoms with E-state index in [0.29, 0.717) is 43.4 Å². The molecule has 4 N–H and O–H groups in total. The van der Waals surface area contributed by atoms with Gasteiger partial charge in [-0.15, -0.1) is 0 Å². The van der Waals surface area contributed by atoms with Gasteiger partial charge in [-0.2, -0.15) is 0 Å². The first kappa shape index (κ1) is 18.0. The number of rotatable bonds is 5. The number of hydrogen-bond acceptors (Lipinski definition) is 5. The van der Waals surface area contributed by atoms with Gasteiger partial charge >= 0.3 is 6.03 Å². The van der Waals surface area contributed by atoms with Gasteiger partial charge in [-0.25, -0.2) is 18.4 Å². The van der Waals surface area contributed by atoms with Gasteiger partial charge in [0.1, 0.15) is 13.2 Å². The van der Waals surface area contributed by atoms with Crippen molar-refractivity contribution < 1.29 is 22.7 Å². The molecular weight excluding hydrogens is 358 g/mol. The van der Waals surface area contributed by atoms with Crippen LogP contribution < -0.4 is 25.2 Å². The second kappa shape index (κ2) is 7.63. The molecule has 9 heteroatoms. The van der Waals surface area contributed by atoms with Crippen LogP contribution in [0.25, 0.3) is 0 Å². The number of urea groups is 1. The van der Waals surface area contributed by atoms with E-state index < -0.39 is 10.0 Å². The Balaban J connectivity index is 1.48. The van der Waals surface area contributed by atoms with Crippen molar-refractivity contribution in [1.29, 1.82) is 0 Å². The molecular formula is C17H19N3O5S. The topological polar surface area (TPSA) is 120 Å². The summed E-state index contributed by atoms with van der Waals surface area (Å²) in [6.07, 6.45) is 0.555. The lowest BCUT2D eigenvalue weighted by molar-refractivity contribution is 0.171. The summed E-state index contributed by atoms with van der Waals surface area (Å²) in [4.78, 5) is 12.0. The lowest BCUT2D eigenvalue weighted by Gasteiger charge is -2.19. The Morgan fingerprint density at radius 2 is 1.73 bits per heavy atom. The van der Waals surface area contributed by atoms with Gasteiger partial charge in [0.15, 0.2) is 11.5 Å². The number of anilines is 1. The second-order valence-electron chi connectivity index (χ2n) is 5.68. The van der Waals surface area contributed by atoms with Crippen molar-refractivity contribution in [2.24, 2.45) is 5.14 Å². The van der Waals surface area contributed by atoms with Crippen LogP contribution in [0.15, 0.2) is 47.4 Å². The molecule has 0 atom stereocenters. The molecule has 8 nitrogen and oxygen atoms in total. The van der Waals surface area contributed by atoms with E-state index in [9.17, 15) is 13.2 Å². The third-order valence-corrected chi connectivity index (χ3v) is 4.68. The lowest BCUT2D eigenvalue weighted by atomic mass is 10.1. The van der Waals surface area contributed by atoms with E-state index in [2.05, 4.69) is 10.6 Å². The smallest absolute Gasteiger partial charge is 0.319 e. The zero-order valence-corrected chi connectivity index (χ0v) is 14.7. The summed E-state index contributed by atoms with van der Waals surface area (Å²) in [5, 5.41) is 10.5. The van der Waals surface area contributed by atoms with E-state index in [0.717, 1.165) is 5.56 Å². The number of amides is 2. The Labute approximate surface area is 151 Å². The second-order valence-corrected chi connectivity index (χ2v) is 7.24. The molecule has 3 rings (SSSR count). The maximum atomic E-state index is 12.0. The van der Waals surface area contributed by atoms with E-state index in [-0.39, 0.29) is 10.9 Å². The predicted molar refractivity (Wildman–Crippen MR) is 96.0 cm³/mol. The molecule has 0 unspecified atom stereocenters. The molecule has 26 heavy (non-hydrogen) atoms. The van der Waals surface area contributed by atoms with Gasteiger partial charge in [0.25, 0.3) is 0 Å². The van der Waals surface area contributed by atoms with Crippen LogP contribution in [0.4, 0.5) is 10.5 Å². The number of primary sulfonamides is 1. The van der Waals surface area contributed by atoms with Crippen LogP contribution in [0, 0.1) is 0 Å². The highest BCUT2D eigenvalue weighted by Crippen LogP contribution is 2.32. The van der Waals surface area contributed by atoms with E-state index >= 15 is 0 Å². The largest absolute Gasteiger partial charge is 0.486 e. The molecule has 0 bridgehead atoms. The normalized spacial score (nSPS) is 13.1. The molecule has 0 saturated carbocycles. The first-order valence-electron chi connectivity index (χ1n) is 7.98. The molecule has 0 spiro atoms. The van der Waals surface area contributed by atoms with Crippen LogP contribution in [-0.4, -0.2) is 34.2 Å². The maximum absolute atomic E-state index is 12.0. The Morgan fingerprint density at radius 1 is 1.04 bits per heavy atom. The predicted octanol–water partition coefficient (Wildman–Crippen LogP) is 1.47. The number of ether oxygens (including phenoxy) is 2. The first-order chi connectivity index (χ1) is 12.4. The van der Waals surface area contributed by atoms with Crippen molar-refractivity contribution in [2.75, 3.05) is 25.1 Å². The van der Waals surface area contributed by atoms with Crippen LogP contribution in [0.2, 0.25) is 0 Å². The van der Waals surface area contributed by atoms with Crippen LogP contribution in [0.1, 0.15) is 5.56 Å². The van der Waals surface area contributed by atoms with Gasteiger partial charge < -0.3 is 20.1 Å². The van der Waals surface area contributed by atoms with Crippen LogP contribution in [0.5, 0.6) is 11.5 Å². The molecule has 0 radical (unpaired) electrons. The number of fused-ring (bicyclic) bond motifs is 1. The molecule has 0 aromatic heterocycles. The third kappa shape index (κ3) is 4.64. The van der Waals surface area contributed by atoms with Gasteiger partial charge in [0.2, 0.25) is 10.0 Å². The minimum Gasteiger partial charge on any atom is -0.486 e. The Bertz CT molecular complexity index is 897. The van der Waals surface area contributed by atoms with Crippen molar-refractivity contribution in [3.05, 3.63) is 48.0 Å². The molecule has 0 aliphatic carbocycles. The molecule has 2 aromatic carbocycles. The molecule has 1 aliphatic heterocycles. The Kier molecular flexibility index (Phi) is 5.29. The van der Waals surface area contributed by atoms with Crippen LogP contribution >= 0.6 is 0 Å². The van der Waals surface area contributed by atoms with E-state index in [1.54, 1.807) is 30.3 Å². The molecule has 0 fully saturated rings. The van der Waals surface area contributed by atoms with Crippen LogP contribution in [-0.2, 0) is 16.4 Å². The standard InChI is InChI=1S/C17H19N3O5S/c18-26(22,23)14-4-1-12(2-5-14)7-8-19-17(21)20-13-3-6-15-16(11-13)25-10-9-24-15/h1-6,11H,7-10H2,(H2,18,22,23)(H2,19,20,21). The highest BCUT2D eigenvalue weighted by atomic mass is 32.2. The fourth-order valence-electron chi connectivity index (χ4n) is 2.46. The van der Waals surface area contributed by atoms with E-state index in [4.69, 9.17) is 14.6 Å². The molecule has 1 aliphatic rings. The van der Waals surface area contributed by atoms with Crippen molar-refractivity contribution in [3.8, 4) is 11.5 Å². The van der Waals surface area contributed by atoms with Gasteiger partial charge in [-0.05, 0) is 36.2 Å². The highest BCUT2D eigenvalue weighted by molar-refractivity contribution is 7.89. The Hall–Kier alpha value is -2.78. The molecule has 138 valence electrons. The summed E-state index contributed by atoms with van der Waals surface area (Å²) in [6.45, 7) is 1.39. The Morgan fingerprint density at radius 3 is 2.42 bits per heavy atom. The first-order valence-corrected chi connectivity index (χ1v) is 9.53. The maximum Gasteiger partial charge on any atom is 0.319 e. The van der Waals surface area contributed by atoms with Gasteiger partial charge in [0, 0.05) is 18.3 Å². The average molecular weight is 377 g/mol. The monoisotopic (exact) mass is 377 g/mol. The van der Waals surface area contributed by atoms with Gasteiger partial charge in [-0.1, -0.05) is 12.1 Å². The summed E-state index contributed by atoms with van der Waals surface area (Å²) in [7, 11) is -3.69. The van der Waals surface area contributed by atoms with E-state index in [1.807, 2.05) is 0 Å². The quantitative estimate of drug-likeness (QED) is 0.729. The number of benzene rings is 2. The zero-order chi connectivity index (χ0) is 18.6. The number of sulfonamides is 1. The fourth-order valence-corrected chi connectivity index (χ4v) is 2.98. The summed E-state index contributed by atoms with van der Waals surface area (Å²) in [6, 6.07) is 11.1. The number of hydrogen-bond donors (Lipinski definition) is 3. The van der Waals surface area contributed by atoms with Crippen LogP contribution in [0.3, 0.4) is 0 Å². The highest BCUT2D eigenvalue weighted by Gasteiger charge is 2.12. The zero-order valence-electron chi connectivity index (χ0n) is 13.9. The van der Waals surface area contributed by atoms with Crippen molar-refractivity contribution in [3.63, 3.8) is 0 Å². The number of nitrogens with one attached hydrogen (secondary N) is 2. The molecule has 0 saturated heterocycles. The minimum atomic E-state index is -3.69. The average Bonchev–Trinajstić information content (AvgIpc) is 2.61. The van der Waals surface area contributed by atoms with Crippen molar-refractivity contribution in [1.82, 2.24) is 5.32 Å². The summed E-state index contributed by atoms with van der Waals surface area (Å²) in [5.41, 5.74) is 1.49. The summed E-state index contributed by atoms with van der Waals surface area (Å²) in [5.74, 6) is 1.26. The van der Waals surface area contributed by atoms with Crippen molar-refractivity contribution >= 4 is 21.7 Å². The van der Waals surface area contributed by atoms with E-state index in [1.165, 1.54) is 12.1 Å².